The minimum atomic E-state index is -1.14. The van der Waals surface area contributed by atoms with Crippen molar-refractivity contribution in [3.05, 3.63) is 42.1 Å². The molecule has 0 bridgehead atoms. The van der Waals surface area contributed by atoms with E-state index >= 15 is 0 Å². The Morgan fingerprint density at radius 3 is 2.45 bits per heavy atom. The second-order valence-corrected chi connectivity index (χ2v) is 4.97. The first-order valence-electron chi connectivity index (χ1n) is 6.62. The average Bonchev–Trinajstić information content (AvgIpc) is 2.46. The molecule has 1 aromatic heterocycles. The van der Waals surface area contributed by atoms with Gasteiger partial charge in [-0.3, -0.25) is 14.4 Å². The number of hydrogen-bond donors (Lipinski definition) is 0. The third kappa shape index (κ3) is 2.13. The van der Waals surface area contributed by atoms with Gasteiger partial charge in [0.15, 0.2) is 17.3 Å². The van der Waals surface area contributed by atoms with Crippen molar-refractivity contribution in [1.29, 1.82) is 0 Å². The summed E-state index contributed by atoms with van der Waals surface area (Å²) in [6, 6.07) is 10.8. The molecule has 0 amide bonds. The highest BCUT2D eigenvalue weighted by atomic mass is 16.2. The maximum Gasteiger partial charge on any atom is 0.199 e. The summed E-state index contributed by atoms with van der Waals surface area (Å²) in [6.07, 6.45) is 1.15. The maximum absolute atomic E-state index is 12.4. The Balaban J connectivity index is 1.99. The lowest BCUT2D eigenvalue weighted by molar-refractivity contribution is -0.133. The molecule has 1 saturated carbocycles. The topological polar surface area (TPSA) is 64.1 Å². The molecule has 0 spiro atoms. The molecule has 3 rings (SSSR count). The van der Waals surface area contributed by atoms with Crippen molar-refractivity contribution in [3.8, 4) is 0 Å². The Morgan fingerprint density at radius 1 is 1.00 bits per heavy atom. The number of benzene rings is 1. The highest BCUT2D eigenvalue weighted by Gasteiger charge is 2.37. The number of Topliss-reactive ketones (excluding diaryl/α,β-unsaturated/α-hetero) is 3. The second kappa shape index (κ2) is 4.96. The maximum atomic E-state index is 12.4. The van der Waals surface area contributed by atoms with Crippen molar-refractivity contribution in [2.75, 3.05) is 0 Å². The summed E-state index contributed by atoms with van der Waals surface area (Å²) in [7, 11) is 0. The van der Waals surface area contributed by atoms with E-state index in [4.69, 9.17) is 0 Å². The van der Waals surface area contributed by atoms with Crippen LogP contribution in [0.1, 0.15) is 29.8 Å². The normalized spacial score (nSPS) is 16.6. The number of ketones is 3. The van der Waals surface area contributed by atoms with E-state index in [0.717, 1.165) is 5.39 Å². The first kappa shape index (κ1) is 12.7. The largest absolute Gasteiger partial charge is 0.298 e. The SMILES string of the molecule is O=C1CCCC(=O)C1C(=O)c1ccc2ccccc2n1. The molecule has 1 aromatic carbocycles. The van der Waals surface area contributed by atoms with Gasteiger partial charge >= 0.3 is 0 Å². The standard InChI is InChI=1S/C16H13NO3/c18-13-6-3-7-14(19)15(13)16(20)12-9-8-10-4-1-2-5-11(10)17-12/h1-2,4-5,8-9,15H,3,6-7H2. The highest BCUT2D eigenvalue weighted by Crippen LogP contribution is 2.22. The predicted octanol–water partition coefficient (Wildman–Crippen LogP) is 2.36. The predicted molar refractivity (Wildman–Crippen MR) is 73.4 cm³/mol. The third-order valence-corrected chi connectivity index (χ3v) is 3.60. The van der Waals surface area contributed by atoms with Gasteiger partial charge in [-0.2, -0.15) is 0 Å². The first-order chi connectivity index (χ1) is 9.66. The fraction of sp³-hybridized carbons (Fsp3) is 0.250. The van der Waals surface area contributed by atoms with Crippen LogP contribution in [0.4, 0.5) is 0 Å². The molecule has 1 aliphatic rings. The van der Waals surface area contributed by atoms with E-state index in [2.05, 4.69) is 4.98 Å². The van der Waals surface area contributed by atoms with Crippen LogP contribution < -0.4 is 0 Å². The van der Waals surface area contributed by atoms with E-state index in [1.54, 1.807) is 18.2 Å². The monoisotopic (exact) mass is 267 g/mol. The number of carbonyl (C=O) groups excluding carboxylic acids is 3. The van der Waals surface area contributed by atoms with Crippen LogP contribution in [0.5, 0.6) is 0 Å². The highest BCUT2D eigenvalue weighted by molar-refractivity contribution is 6.24. The van der Waals surface area contributed by atoms with Gasteiger partial charge in [-0.1, -0.05) is 24.3 Å². The molecule has 4 nitrogen and oxygen atoms in total. The lowest BCUT2D eigenvalue weighted by Gasteiger charge is -2.17. The smallest absolute Gasteiger partial charge is 0.199 e. The molecule has 1 aliphatic carbocycles. The van der Waals surface area contributed by atoms with Crippen molar-refractivity contribution in [3.63, 3.8) is 0 Å². The third-order valence-electron chi connectivity index (χ3n) is 3.60. The summed E-state index contributed by atoms with van der Waals surface area (Å²) < 4.78 is 0. The molecule has 0 radical (unpaired) electrons. The summed E-state index contributed by atoms with van der Waals surface area (Å²) in [6.45, 7) is 0. The van der Waals surface area contributed by atoms with Crippen molar-refractivity contribution < 1.29 is 14.4 Å². The quantitative estimate of drug-likeness (QED) is 0.619. The van der Waals surface area contributed by atoms with Gasteiger partial charge in [-0.25, -0.2) is 4.98 Å². The summed E-state index contributed by atoms with van der Waals surface area (Å²) >= 11 is 0. The molecule has 4 heteroatoms. The molecule has 20 heavy (non-hydrogen) atoms. The molecule has 0 atom stereocenters. The van der Waals surface area contributed by atoms with Crippen molar-refractivity contribution in [2.24, 2.45) is 5.92 Å². The fourth-order valence-electron chi connectivity index (χ4n) is 2.55. The lowest BCUT2D eigenvalue weighted by Crippen LogP contribution is -2.35. The van der Waals surface area contributed by atoms with Crippen molar-refractivity contribution >= 4 is 28.3 Å². The van der Waals surface area contributed by atoms with Crippen LogP contribution in [-0.4, -0.2) is 22.3 Å². The fourth-order valence-corrected chi connectivity index (χ4v) is 2.55. The number of hydrogen-bond acceptors (Lipinski definition) is 4. The van der Waals surface area contributed by atoms with Crippen LogP contribution in [0, 0.1) is 5.92 Å². The van der Waals surface area contributed by atoms with Crippen LogP contribution in [-0.2, 0) is 9.59 Å². The Kier molecular flexibility index (Phi) is 3.14. The summed E-state index contributed by atoms with van der Waals surface area (Å²) in [5, 5.41) is 0.922. The van der Waals surface area contributed by atoms with Gasteiger partial charge in [-0.15, -0.1) is 0 Å². The van der Waals surface area contributed by atoms with Crippen LogP contribution in [0.3, 0.4) is 0 Å². The molecular weight excluding hydrogens is 254 g/mol. The van der Waals surface area contributed by atoms with Gasteiger partial charge < -0.3 is 0 Å². The van der Waals surface area contributed by atoms with Gasteiger partial charge in [0.2, 0.25) is 0 Å². The Morgan fingerprint density at radius 2 is 1.70 bits per heavy atom. The van der Waals surface area contributed by atoms with Crippen LogP contribution in [0.15, 0.2) is 36.4 Å². The molecule has 0 unspecified atom stereocenters. The zero-order chi connectivity index (χ0) is 14.1. The molecule has 0 N–H and O–H groups in total. The van der Waals surface area contributed by atoms with Crippen molar-refractivity contribution in [2.45, 2.75) is 19.3 Å². The van der Waals surface area contributed by atoms with E-state index in [9.17, 15) is 14.4 Å². The number of aromatic nitrogens is 1. The molecule has 0 saturated heterocycles. The van der Waals surface area contributed by atoms with Gasteiger partial charge in [-0.05, 0) is 18.6 Å². The van der Waals surface area contributed by atoms with Crippen LogP contribution in [0.2, 0.25) is 0 Å². The molecule has 1 fully saturated rings. The average molecular weight is 267 g/mol. The minimum Gasteiger partial charge on any atom is -0.298 e. The van der Waals surface area contributed by atoms with Crippen LogP contribution >= 0.6 is 0 Å². The number of pyridine rings is 1. The molecule has 0 aliphatic heterocycles. The lowest BCUT2D eigenvalue weighted by atomic mass is 9.83. The number of rotatable bonds is 2. The van der Waals surface area contributed by atoms with E-state index < -0.39 is 11.7 Å². The number of fused-ring (bicyclic) bond motifs is 1. The van der Waals surface area contributed by atoms with Gasteiger partial charge in [0, 0.05) is 18.2 Å². The number of carbonyl (C=O) groups is 3. The number of para-hydroxylation sites is 1. The van der Waals surface area contributed by atoms with Gasteiger partial charge in [0.1, 0.15) is 11.6 Å². The summed E-state index contributed by atoms with van der Waals surface area (Å²) in [5.74, 6) is -2.16. The Bertz CT molecular complexity index is 704. The Hall–Kier alpha value is -2.36. The van der Waals surface area contributed by atoms with Crippen LogP contribution in [0.25, 0.3) is 10.9 Å². The Labute approximate surface area is 115 Å². The molecule has 2 aromatic rings. The molecular formula is C16H13NO3. The molecule has 1 heterocycles. The zero-order valence-electron chi connectivity index (χ0n) is 10.8. The number of nitrogens with zero attached hydrogens (tertiary/aromatic N) is 1. The first-order valence-corrected chi connectivity index (χ1v) is 6.62. The van der Waals surface area contributed by atoms with E-state index in [1.807, 2.05) is 18.2 Å². The second-order valence-electron chi connectivity index (χ2n) is 4.97. The summed E-state index contributed by atoms with van der Waals surface area (Å²) in [4.78, 5) is 40.3. The van der Waals surface area contributed by atoms with Gasteiger partial charge in [0.25, 0.3) is 0 Å². The van der Waals surface area contributed by atoms with Crippen molar-refractivity contribution in [1.82, 2.24) is 4.98 Å². The van der Waals surface area contributed by atoms with E-state index in [0.29, 0.717) is 24.8 Å². The van der Waals surface area contributed by atoms with Gasteiger partial charge in [0.05, 0.1) is 5.52 Å². The van der Waals surface area contributed by atoms with E-state index in [1.165, 1.54) is 0 Å². The summed E-state index contributed by atoms with van der Waals surface area (Å²) in [5.41, 5.74) is 0.881. The molecule has 100 valence electrons. The zero-order valence-corrected chi connectivity index (χ0v) is 10.8. The van der Waals surface area contributed by atoms with E-state index in [-0.39, 0.29) is 17.3 Å². The minimum absolute atomic E-state index is 0.192.